The highest BCUT2D eigenvalue weighted by Crippen LogP contribution is 2.25. The molecule has 0 bridgehead atoms. The van der Waals surface area contributed by atoms with Crippen LogP contribution in [-0.2, 0) is 16.6 Å². The average Bonchev–Trinajstić information content (AvgIpc) is 2.85. The first-order valence-corrected chi connectivity index (χ1v) is 7.51. The van der Waals surface area contributed by atoms with Gasteiger partial charge in [-0.15, -0.1) is 0 Å². The van der Waals surface area contributed by atoms with Gasteiger partial charge in [0.05, 0.1) is 6.61 Å². The zero-order chi connectivity index (χ0) is 17.1. The summed E-state index contributed by atoms with van der Waals surface area (Å²) in [6.45, 7) is 5.04. The van der Waals surface area contributed by atoms with E-state index in [-0.39, 0.29) is 18.0 Å². The summed E-state index contributed by atoms with van der Waals surface area (Å²) in [6.07, 6.45) is -1.65. The van der Waals surface area contributed by atoms with Gasteiger partial charge in [0.25, 0.3) is 5.91 Å². The molecule has 3 N–H and O–H groups in total. The van der Waals surface area contributed by atoms with Gasteiger partial charge in [0, 0.05) is 33.2 Å². The minimum absolute atomic E-state index is 0.0482. The van der Waals surface area contributed by atoms with Crippen LogP contribution in [-0.4, -0.2) is 71.3 Å². The molecule has 2 rings (SSSR count). The number of amides is 1. The van der Waals surface area contributed by atoms with Crippen LogP contribution in [0.1, 0.15) is 29.2 Å². The third-order valence-corrected chi connectivity index (χ3v) is 3.88. The van der Waals surface area contributed by atoms with Crippen LogP contribution in [0, 0.1) is 0 Å². The van der Waals surface area contributed by atoms with Crippen molar-refractivity contribution in [2.45, 2.75) is 13.0 Å². The highest BCUT2D eigenvalue weighted by Gasteiger charge is 2.31. The topological polar surface area (TPSA) is 114 Å². The molecule has 0 spiro atoms. The third-order valence-electron chi connectivity index (χ3n) is 3.88. The molecular weight excluding hydrogens is 302 g/mol. The Hall–Kier alpha value is -2.13. The van der Waals surface area contributed by atoms with E-state index >= 15 is 0 Å². The lowest BCUT2D eigenvalue weighted by atomic mass is 10.2. The smallest absolute Gasteiger partial charge is 0.357 e. The van der Waals surface area contributed by atoms with Crippen molar-refractivity contribution in [3.8, 4) is 0 Å². The second-order valence-corrected chi connectivity index (χ2v) is 5.52. The highest BCUT2D eigenvalue weighted by molar-refractivity contribution is 5.92. The Labute approximate surface area is 134 Å². The van der Waals surface area contributed by atoms with Crippen LogP contribution in [0.2, 0.25) is 0 Å². The molecule has 0 radical (unpaired) electrons. The van der Waals surface area contributed by atoms with E-state index in [2.05, 4.69) is 9.88 Å². The molecule has 1 aliphatic heterocycles. The van der Waals surface area contributed by atoms with E-state index in [1.54, 1.807) is 18.5 Å². The fourth-order valence-corrected chi connectivity index (χ4v) is 2.56. The lowest BCUT2D eigenvalue weighted by Crippen LogP contribution is -2.45. The Balaban J connectivity index is 2.42. The molecule has 1 saturated heterocycles. The number of aromatic nitrogens is 2. The molecule has 1 aromatic rings. The van der Waals surface area contributed by atoms with Crippen LogP contribution in [0.15, 0.2) is 0 Å². The number of imidazole rings is 1. The third kappa shape index (κ3) is 3.45. The van der Waals surface area contributed by atoms with Crippen molar-refractivity contribution < 1.29 is 19.4 Å². The molecule has 0 aliphatic carbocycles. The number of likely N-dealkylation sites (N-methyl/N-ethyl adjacent to an activating group) is 1. The lowest BCUT2D eigenvalue weighted by molar-refractivity contribution is -0.126. The largest absolute Gasteiger partial charge is 0.461 e. The Morgan fingerprint density at radius 3 is 2.43 bits per heavy atom. The van der Waals surface area contributed by atoms with Crippen LogP contribution in [0.25, 0.3) is 0 Å². The first-order valence-electron chi connectivity index (χ1n) is 7.51. The number of nitrogens with two attached hydrogens (primary N) is 1. The molecule has 0 aromatic carbocycles. The molecule has 23 heavy (non-hydrogen) atoms. The number of hydrogen-bond donors (Lipinski definition) is 2. The summed E-state index contributed by atoms with van der Waals surface area (Å²) in [5.74, 6) is -1.09. The summed E-state index contributed by atoms with van der Waals surface area (Å²) >= 11 is 0. The molecule has 1 atom stereocenters. The van der Waals surface area contributed by atoms with Crippen molar-refractivity contribution in [2.75, 3.05) is 44.7 Å². The second kappa shape index (κ2) is 6.97. The SMILES string of the molecule is CCOC(=O)c1c(C(O)C(N)=O)nc(N2CCN(C)CC2)n1C. The first-order chi connectivity index (χ1) is 10.9. The van der Waals surface area contributed by atoms with Gasteiger partial charge in [-0.05, 0) is 14.0 Å². The number of rotatable bonds is 5. The molecule has 128 valence electrons. The van der Waals surface area contributed by atoms with Crippen LogP contribution >= 0.6 is 0 Å². The number of ether oxygens (including phenoxy) is 1. The maximum Gasteiger partial charge on any atom is 0.357 e. The zero-order valence-corrected chi connectivity index (χ0v) is 13.7. The molecule has 1 unspecified atom stereocenters. The van der Waals surface area contributed by atoms with Crippen LogP contribution < -0.4 is 10.6 Å². The van der Waals surface area contributed by atoms with Gasteiger partial charge >= 0.3 is 5.97 Å². The number of piperazine rings is 1. The zero-order valence-electron chi connectivity index (χ0n) is 13.7. The second-order valence-electron chi connectivity index (χ2n) is 5.52. The van der Waals surface area contributed by atoms with E-state index in [1.165, 1.54) is 0 Å². The molecule has 1 aliphatic rings. The maximum absolute atomic E-state index is 12.2. The van der Waals surface area contributed by atoms with Gasteiger partial charge < -0.3 is 29.9 Å². The number of primary amides is 1. The van der Waals surface area contributed by atoms with E-state index in [9.17, 15) is 14.7 Å². The van der Waals surface area contributed by atoms with Gasteiger partial charge in [-0.3, -0.25) is 4.79 Å². The number of carbonyl (C=O) groups is 2. The minimum Gasteiger partial charge on any atom is -0.461 e. The van der Waals surface area contributed by atoms with Gasteiger partial charge in [0.1, 0.15) is 5.69 Å². The predicted octanol–water partition coefficient (Wildman–Crippen LogP) is -1.13. The van der Waals surface area contributed by atoms with Gasteiger partial charge in [-0.2, -0.15) is 0 Å². The highest BCUT2D eigenvalue weighted by atomic mass is 16.5. The summed E-state index contributed by atoms with van der Waals surface area (Å²) < 4.78 is 6.55. The molecule has 1 amide bonds. The van der Waals surface area contributed by atoms with Gasteiger partial charge in [-0.1, -0.05) is 0 Å². The number of hydrogen-bond acceptors (Lipinski definition) is 7. The monoisotopic (exact) mass is 325 g/mol. The quantitative estimate of drug-likeness (QED) is 0.658. The number of esters is 1. The van der Waals surface area contributed by atoms with Crippen molar-refractivity contribution in [2.24, 2.45) is 12.8 Å². The fourth-order valence-electron chi connectivity index (χ4n) is 2.56. The predicted molar refractivity (Wildman–Crippen MR) is 83.0 cm³/mol. The Morgan fingerprint density at radius 1 is 1.30 bits per heavy atom. The van der Waals surface area contributed by atoms with E-state index in [0.29, 0.717) is 5.95 Å². The van der Waals surface area contributed by atoms with E-state index in [4.69, 9.17) is 10.5 Å². The first kappa shape index (κ1) is 17.2. The number of anilines is 1. The fraction of sp³-hybridized carbons (Fsp3) is 0.643. The Kier molecular flexibility index (Phi) is 5.22. The van der Waals surface area contributed by atoms with Crippen molar-refractivity contribution in [3.63, 3.8) is 0 Å². The maximum atomic E-state index is 12.2. The standard InChI is InChI=1S/C14H23N5O4/c1-4-23-13(22)10-9(11(20)12(15)21)16-14(18(10)3)19-7-5-17(2)6-8-19/h11,20H,4-8H2,1-3H3,(H2,15,21). The van der Waals surface area contributed by atoms with Crippen molar-refractivity contribution in [3.05, 3.63) is 11.4 Å². The number of carbonyl (C=O) groups excluding carboxylic acids is 2. The summed E-state index contributed by atoms with van der Waals surface area (Å²) in [5, 5.41) is 9.99. The average molecular weight is 325 g/mol. The molecule has 1 aromatic heterocycles. The van der Waals surface area contributed by atoms with Crippen molar-refractivity contribution in [1.29, 1.82) is 0 Å². The molecule has 2 heterocycles. The molecule has 9 nitrogen and oxygen atoms in total. The van der Waals surface area contributed by atoms with Crippen LogP contribution in [0.4, 0.5) is 5.95 Å². The van der Waals surface area contributed by atoms with Gasteiger partial charge in [-0.25, -0.2) is 9.78 Å². The van der Waals surface area contributed by atoms with Gasteiger partial charge in [0.2, 0.25) is 5.95 Å². The summed E-state index contributed by atoms with van der Waals surface area (Å²) in [6, 6.07) is 0. The van der Waals surface area contributed by atoms with Gasteiger partial charge in [0.15, 0.2) is 11.8 Å². The lowest BCUT2D eigenvalue weighted by Gasteiger charge is -2.33. The number of aliphatic hydroxyl groups is 1. The minimum atomic E-state index is -1.65. The normalized spacial score (nSPS) is 17.1. The molecule has 1 fully saturated rings. The Bertz CT molecular complexity index is 592. The summed E-state index contributed by atoms with van der Waals surface area (Å²) in [5.41, 5.74) is 5.14. The van der Waals surface area contributed by atoms with Crippen molar-refractivity contribution >= 4 is 17.8 Å². The van der Waals surface area contributed by atoms with E-state index < -0.39 is 18.0 Å². The van der Waals surface area contributed by atoms with Crippen LogP contribution in [0.3, 0.4) is 0 Å². The summed E-state index contributed by atoms with van der Waals surface area (Å²) in [4.78, 5) is 32.0. The number of nitrogens with zero attached hydrogens (tertiary/aromatic N) is 4. The Morgan fingerprint density at radius 2 is 1.91 bits per heavy atom. The number of aliphatic hydroxyl groups excluding tert-OH is 1. The summed E-state index contributed by atoms with van der Waals surface area (Å²) in [7, 11) is 3.69. The van der Waals surface area contributed by atoms with E-state index in [1.807, 2.05) is 11.9 Å². The molecule has 0 saturated carbocycles. The molecular formula is C14H23N5O4. The molecule has 9 heteroatoms. The van der Waals surface area contributed by atoms with Crippen LogP contribution in [0.5, 0.6) is 0 Å². The van der Waals surface area contributed by atoms with E-state index in [0.717, 1.165) is 26.2 Å². The van der Waals surface area contributed by atoms with Crippen molar-refractivity contribution in [1.82, 2.24) is 14.5 Å².